The van der Waals surface area contributed by atoms with Gasteiger partial charge in [0, 0.05) is 77.9 Å². The summed E-state index contributed by atoms with van der Waals surface area (Å²) in [4.78, 5) is 6.39. The van der Waals surface area contributed by atoms with E-state index in [9.17, 15) is 5.11 Å². The number of nitrogens with zero attached hydrogens (tertiary/aromatic N) is 3. The van der Waals surface area contributed by atoms with Crippen LogP contribution < -0.4 is 24.6 Å². The molecule has 2 atom stereocenters. The maximum Gasteiger partial charge on any atom is 0.121 e. The van der Waals surface area contributed by atoms with Crippen LogP contribution in [0, 0.1) is 0 Å². The summed E-state index contributed by atoms with van der Waals surface area (Å²) in [5.41, 5.74) is 8.03. The molecule has 3 aliphatic rings. The highest BCUT2D eigenvalue weighted by Crippen LogP contribution is 2.22. The second-order valence-corrected chi connectivity index (χ2v) is 13.0. The molecule has 8 nitrogen and oxygen atoms in total. The molecule has 3 aliphatic heterocycles. The number of aliphatic hydroxyl groups is 1. The number of rotatable bonds is 10. The van der Waals surface area contributed by atoms with Gasteiger partial charge in [-0.25, -0.2) is 0 Å². The molecule has 0 bridgehead atoms. The zero-order valence-corrected chi connectivity index (χ0v) is 29.0. The molecule has 1 saturated heterocycles. The van der Waals surface area contributed by atoms with Crippen LogP contribution >= 0.6 is 0 Å². The van der Waals surface area contributed by atoms with Crippen LogP contribution in [0.5, 0.6) is 11.5 Å². The third-order valence-electron chi connectivity index (χ3n) is 8.63. The van der Waals surface area contributed by atoms with E-state index in [1.807, 2.05) is 75.6 Å². The van der Waals surface area contributed by atoms with Crippen LogP contribution in [-0.4, -0.2) is 89.9 Å². The third-order valence-corrected chi connectivity index (χ3v) is 8.63. The standard InChI is InChI=1S/C20H26N2O2.C11H15NO2.C9H11N/c1-21(2)18-8-5-9-20(12-18)24-15-19(23)14-22-11-10-16-6-3-4-7-17(16)13-22;1-12(2)9-4-3-5-10(6-9)13-7-11-8-14-11;1-2-4-9-7-10-6-5-8(9)3-1/h3-9,12,19,23H,10-11,13-15H2,1-2H3;3-6,11H,7-8H2,1-2H3;1-4,10H,5-7H2. The molecule has 8 heteroatoms. The first-order chi connectivity index (χ1) is 23.3. The van der Waals surface area contributed by atoms with Crippen molar-refractivity contribution < 1.29 is 19.3 Å². The monoisotopic (exact) mass is 652 g/mol. The Morgan fingerprint density at radius 1 is 0.771 bits per heavy atom. The number of benzene rings is 4. The molecule has 3 heterocycles. The molecule has 0 radical (unpaired) electrons. The van der Waals surface area contributed by atoms with E-state index in [0.29, 0.717) is 25.9 Å². The van der Waals surface area contributed by atoms with Crippen molar-refractivity contribution in [1.29, 1.82) is 0 Å². The number of β-amino-alcohol motifs (C(OH)–C–C–N with tert-alkyl or cyclic N) is 1. The van der Waals surface area contributed by atoms with Crippen LogP contribution in [0.3, 0.4) is 0 Å². The summed E-state index contributed by atoms with van der Waals surface area (Å²) in [6.45, 7) is 6.54. The molecule has 0 aliphatic carbocycles. The van der Waals surface area contributed by atoms with Crippen molar-refractivity contribution in [3.63, 3.8) is 0 Å². The van der Waals surface area contributed by atoms with Gasteiger partial charge < -0.3 is 34.4 Å². The molecule has 7 rings (SSSR count). The SMILES string of the molecule is CN(C)c1cccc(OCC(O)CN2CCc3ccccc3C2)c1.CN(C)c1cccc(OCC2CO2)c1.c1ccc2c(c1)CCNC2. The van der Waals surface area contributed by atoms with Gasteiger partial charge in [0.2, 0.25) is 0 Å². The molecule has 2 N–H and O–H groups in total. The predicted molar refractivity (Wildman–Crippen MR) is 196 cm³/mol. The normalized spacial score (nSPS) is 16.8. The Kier molecular flexibility index (Phi) is 13.1. The summed E-state index contributed by atoms with van der Waals surface area (Å²) in [5.74, 6) is 1.70. The Balaban J connectivity index is 0.000000157. The van der Waals surface area contributed by atoms with Crippen LogP contribution in [0.25, 0.3) is 0 Å². The predicted octanol–water partition coefficient (Wildman–Crippen LogP) is 5.41. The van der Waals surface area contributed by atoms with E-state index < -0.39 is 6.10 Å². The third kappa shape index (κ3) is 11.3. The lowest BCUT2D eigenvalue weighted by molar-refractivity contribution is 0.0638. The Morgan fingerprint density at radius 2 is 1.35 bits per heavy atom. The van der Waals surface area contributed by atoms with E-state index in [4.69, 9.17) is 14.2 Å². The molecule has 48 heavy (non-hydrogen) atoms. The topological polar surface area (TPSA) is 73.0 Å². The van der Waals surface area contributed by atoms with Gasteiger partial charge in [-0.05, 0) is 65.9 Å². The number of anilines is 2. The maximum atomic E-state index is 10.3. The van der Waals surface area contributed by atoms with Gasteiger partial charge in [-0.15, -0.1) is 0 Å². The summed E-state index contributed by atoms with van der Waals surface area (Å²) in [7, 11) is 8.04. The van der Waals surface area contributed by atoms with Crippen molar-refractivity contribution in [3.8, 4) is 11.5 Å². The van der Waals surface area contributed by atoms with Crippen molar-refractivity contribution >= 4 is 11.4 Å². The summed E-state index contributed by atoms with van der Waals surface area (Å²) in [6.07, 6.45) is 2.07. The fraction of sp³-hybridized carbons (Fsp3) is 0.400. The second-order valence-electron chi connectivity index (χ2n) is 13.0. The van der Waals surface area contributed by atoms with E-state index in [1.54, 1.807) is 0 Å². The van der Waals surface area contributed by atoms with Crippen LogP contribution in [0.1, 0.15) is 22.3 Å². The fourth-order valence-electron chi connectivity index (χ4n) is 5.73. The number of aliphatic hydroxyl groups excluding tert-OH is 1. The van der Waals surface area contributed by atoms with Crippen molar-refractivity contribution in [3.05, 3.63) is 119 Å². The Morgan fingerprint density at radius 3 is 1.96 bits per heavy atom. The van der Waals surface area contributed by atoms with Crippen LogP contribution in [0.15, 0.2) is 97.1 Å². The van der Waals surface area contributed by atoms with E-state index in [0.717, 1.165) is 62.1 Å². The summed E-state index contributed by atoms with van der Waals surface area (Å²) < 4.78 is 16.4. The molecule has 0 spiro atoms. The molecule has 1 fully saturated rings. The first-order valence-electron chi connectivity index (χ1n) is 17.0. The van der Waals surface area contributed by atoms with Gasteiger partial charge in [0.05, 0.1) is 6.61 Å². The Hall–Kier alpha value is -4.08. The van der Waals surface area contributed by atoms with Crippen molar-refractivity contribution in [2.45, 2.75) is 38.1 Å². The largest absolute Gasteiger partial charge is 0.491 e. The zero-order chi connectivity index (χ0) is 33.7. The fourth-order valence-corrected chi connectivity index (χ4v) is 5.73. The van der Waals surface area contributed by atoms with Crippen molar-refractivity contribution in [2.75, 3.05) is 77.4 Å². The average molecular weight is 653 g/mol. The number of ether oxygens (including phenoxy) is 3. The molecular formula is C40H52N4O4. The second kappa shape index (κ2) is 17.9. The van der Waals surface area contributed by atoms with Gasteiger partial charge in [0.15, 0.2) is 0 Å². The molecule has 4 aromatic rings. The summed E-state index contributed by atoms with van der Waals surface area (Å²) in [5, 5.41) is 13.7. The zero-order valence-electron chi connectivity index (χ0n) is 29.0. The molecule has 2 unspecified atom stereocenters. The van der Waals surface area contributed by atoms with Gasteiger partial charge in [-0.2, -0.15) is 0 Å². The highest BCUT2D eigenvalue weighted by atomic mass is 16.6. The Labute approximate surface area is 286 Å². The van der Waals surface area contributed by atoms with E-state index in [1.165, 1.54) is 28.7 Å². The molecule has 0 saturated carbocycles. The first kappa shape index (κ1) is 35.2. The van der Waals surface area contributed by atoms with E-state index in [2.05, 4.69) is 69.7 Å². The van der Waals surface area contributed by atoms with Crippen LogP contribution in [0.2, 0.25) is 0 Å². The van der Waals surface area contributed by atoms with Crippen LogP contribution in [0.4, 0.5) is 11.4 Å². The highest BCUT2D eigenvalue weighted by Gasteiger charge is 2.23. The van der Waals surface area contributed by atoms with E-state index in [-0.39, 0.29) is 0 Å². The van der Waals surface area contributed by atoms with Crippen molar-refractivity contribution in [1.82, 2.24) is 10.2 Å². The number of fused-ring (bicyclic) bond motifs is 2. The lowest BCUT2D eigenvalue weighted by atomic mass is 10.00. The number of epoxide rings is 1. The minimum absolute atomic E-state index is 0.315. The number of hydrogen-bond acceptors (Lipinski definition) is 8. The molecule has 4 aromatic carbocycles. The number of nitrogens with one attached hydrogen (secondary N) is 1. The minimum Gasteiger partial charge on any atom is -0.491 e. The quantitative estimate of drug-likeness (QED) is 0.221. The molecule has 0 amide bonds. The first-order valence-corrected chi connectivity index (χ1v) is 17.0. The van der Waals surface area contributed by atoms with Crippen molar-refractivity contribution in [2.24, 2.45) is 0 Å². The summed E-state index contributed by atoms with van der Waals surface area (Å²) >= 11 is 0. The highest BCUT2D eigenvalue weighted by molar-refractivity contribution is 5.50. The minimum atomic E-state index is -0.488. The van der Waals surface area contributed by atoms with Gasteiger partial charge >= 0.3 is 0 Å². The van der Waals surface area contributed by atoms with Gasteiger partial charge in [-0.3, -0.25) is 4.90 Å². The Bertz CT molecular complexity index is 1530. The van der Waals surface area contributed by atoms with E-state index >= 15 is 0 Å². The number of hydrogen-bond donors (Lipinski definition) is 2. The maximum absolute atomic E-state index is 10.3. The van der Waals surface area contributed by atoms with Gasteiger partial charge in [0.25, 0.3) is 0 Å². The lowest BCUT2D eigenvalue weighted by Gasteiger charge is -2.30. The molecular weight excluding hydrogens is 600 g/mol. The smallest absolute Gasteiger partial charge is 0.121 e. The van der Waals surface area contributed by atoms with Gasteiger partial charge in [-0.1, -0.05) is 60.7 Å². The lowest BCUT2D eigenvalue weighted by Crippen LogP contribution is -2.38. The summed E-state index contributed by atoms with van der Waals surface area (Å²) in [6, 6.07) is 33.2. The average Bonchev–Trinajstić information content (AvgIpc) is 3.95. The molecule has 256 valence electrons. The van der Waals surface area contributed by atoms with Crippen LogP contribution in [-0.2, 0) is 30.7 Å². The van der Waals surface area contributed by atoms with Gasteiger partial charge in [0.1, 0.15) is 36.9 Å². The molecule has 0 aromatic heterocycles.